The van der Waals surface area contributed by atoms with Gasteiger partial charge >= 0.3 is 0 Å². The number of carbonyl (C=O) groups excluding carboxylic acids is 1. The van der Waals surface area contributed by atoms with E-state index in [0.717, 1.165) is 16.9 Å². The molecule has 24 heavy (non-hydrogen) atoms. The van der Waals surface area contributed by atoms with Crippen LogP contribution < -0.4 is 17.2 Å². The summed E-state index contributed by atoms with van der Waals surface area (Å²) >= 11 is 0. The van der Waals surface area contributed by atoms with Crippen molar-refractivity contribution >= 4 is 17.5 Å². The van der Waals surface area contributed by atoms with E-state index in [1.165, 1.54) is 4.68 Å². The molecule has 6 N–H and O–H groups in total. The fourth-order valence-corrected chi connectivity index (χ4v) is 2.79. The molecule has 0 fully saturated rings. The summed E-state index contributed by atoms with van der Waals surface area (Å²) in [4.78, 5) is 16.3. The smallest absolute Gasteiger partial charge is 0.251 e. The first-order chi connectivity index (χ1) is 11.4. The molecule has 0 spiro atoms. The average Bonchev–Trinajstić information content (AvgIpc) is 2.81. The van der Waals surface area contributed by atoms with E-state index in [1.54, 1.807) is 13.0 Å². The number of hydrogen-bond donors (Lipinski definition) is 3. The maximum atomic E-state index is 11.9. The first-order valence-electron chi connectivity index (χ1n) is 7.38. The van der Waals surface area contributed by atoms with E-state index < -0.39 is 5.91 Å². The Bertz CT molecular complexity index is 930. The quantitative estimate of drug-likeness (QED) is 0.678. The van der Waals surface area contributed by atoms with E-state index in [-0.39, 0.29) is 5.82 Å². The number of aromatic nitrogens is 3. The Hall–Kier alpha value is -3.35. The Morgan fingerprint density at radius 3 is 2.42 bits per heavy atom. The zero-order valence-corrected chi connectivity index (χ0v) is 13.4. The van der Waals surface area contributed by atoms with Crippen molar-refractivity contribution < 1.29 is 4.79 Å². The maximum Gasteiger partial charge on any atom is 0.251 e. The predicted octanol–water partition coefficient (Wildman–Crippen LogP) is 1.81. The van der Waals surface area contributed by atoms with Crippen molar-refractivity contribution in [3.05, 3.63) is 53.2 Å². The van der Waals surface area contributed by atoms with Crippen LogP contribution in [0.5, 0.6) is 0 Å². The molecule has 0 saturated heterocycles. The molecule has 122 valence electrons. The highest BCUT2D eigenvalue weighted by molar-refractivity contribution is 6.03. The number of hydrogen-bond acceptors (Lipinski definition) is 5. The third kappa shape index (κ3) is 2.45. The molecule has 2 aromatic heterocycles. The van der Waals surface area contributed by atoms with Crippen molar-refractivity contribution in [1.29, 1.82) is 0 Å². The summed E-state index contributed by atoms with van der Waals surface area (Å²) in [5.74, 6) is -0.0867. The summed E-state index contributed by atoms with van der Waals surface area (Å²) in [5.41, 5.74) is 21.2. The second-order valence-electron chi connectivity index (χ2n) is 5.56. The molecule has 0 saturated carbocycles. The van der Waals surface area contributed by atoms with Gasteiger partial charge in [0.15, 0.2) is 5.82 Å². The summed E-state index contributed by atoms with van der Waals surface area (Å²) < 4.78 is 1.52. The molecule has 2 heterocycles. The minimum absolute atomic E-state index is 0.191. The molecule has 7 nitrogen and oxygen atoms in total. The lowest BCUT2D eigenvalue weighted by Gasteiger charge is -2.11. The van der Waals surface area contributed by atoms with Crippen molar-refractivity contribution in [2.24, 2.45) is 5.73 Å². The molecule has 0 aliphatic rings. The molecule has 1 aromatic carbocycles. The average molecular weight is 322 g/mol. The highest BCUT2D eigenvalue weighted by Gasteiger charge is 2.23. The largest absolute Gasteiger partial charge is 0.383 e. The number of nitrogens with zero attached hydrogens (tertiary/aromatic N) is 3. The van der Waals surface area contributed by atoms with Crippen molar-refractivity contribution in [2.75, 3.05) is 11.5 Å². The molecule has 0 aliphatic carbocycles. The van der Waals surface area contributed by atoms with E-state index in [9.17, 15) is 4.79 Å². The zero-order chi connectivity index (χ0) is 17.4. The van der Waals surface area contributed by atoms with Crippen molar-refractivity contribution in [3.8, 4) is 16.9 Å². The summed E-state index contributed by atoms with van der Waals surface area (Å²) in [7, 11) is 0. The fraction of sp³-hybridized carbons (Fsp3) is 0.118. The number of benzene rings is 1. The predicted molar refractivity (Wildman–Crippen MR) is 93.6 cm³/mol. The molecule has 0 bridgehead atoms. The van der Waals surface area contributed by atoms with Crippen molar-refractivity contribution in [2.45, 2.75) is 13.8 Å². The minimum atomic E-state index is -0.582. The van der Waals surface area contributed by atoms with Gasteiger partial charge in [-0.15, -0.1) is 5.10 Å². The molecular weight excluding hydrogens is 304 g/mol. The third-order valence-electron chi connectivity index (χ3n) is 3.78. The van der Waals surface area contributed by atoms with E-state index >= 15 is 0 Å². The Kier molecular flexibility index (Phi) is 3.69. The topological polar surface area (TPSA) is 126 Å². The lowest BCUT2D eigenvalue weighted by molar-refractivity contribution is 0.1000. The number of rotatable bonds is 3. The second kappa shape index (κ2) is 5.69. The first kappa shape index (κ1) is 15.5. The van der Waals surface area contributed by atoms with Gasteiger partial charge in [-0.1, -0.05) is 18.2 Å². The number of carbonyl (C=O) groups is 1. The van der Waals surface area contributed by atoms with Gasteiger partial charge < -0.3 is 17.2 Å². The Labute approximate surface area is 139 Å². The molecule has 3 rings (SSSR count). The summed E-state index contributed by atoms with van der Waals surface area (Å²) in [6, 6.07) is 11.1. The lowest BCUT2D eigenvalue weighted by atomic mass is 10.0. The Morgan fingerprint density at radius 1 is 1.12 bits per heavy atom. The van der Waals surface area contributed by atoms with Gasteiger partial charge in [0.25, 0.3) is 5.91 Å². The van der Waals surface area contributed by atoms with Crippen LogP contribution in [0.15, 0.2) is 36.4 Å². The minimum Gasteiger partial charge on any atom is -0.383 e. The number of primary amides is 1. The van der Waals surface area contributed by atoms with Gasteiger partial charge in [0.05, 0.1) is 22.5 Å². The van der Waals surface area contributed by atoms with Crippen LogP contribution in [-0.2, 0) is 0 Å². The number of para-hydroxylation sites is 1. The molecule has 0 unspecified atom stereocenters. The fourth-order valence-electron chi connectivity index (χ4n) is 2.79. The van der Waals surface area contributed by atoms with Crippen LogP contribution >= 0.6 is 0 Å². The molecule has 3 aromatic rings. The van der Waals surface area contributed by atoms with Gasteiger partial charge in [-0.05, 0) is 37.6 Å². The number of nitrogen functional groups attached to an aromatic ring is 2. The first-order valence-corrected chi connectivity index (χ1v) is 7.38. The molecule has 0 aliphatic heterocycles. The van der Waals surface area contributed by atoms with E-state index in [0.29, 0.717) is 22.6 Å². The van der Waals surface area contributed by atoms with Gasteiger partial charge in [-0.2, -0.15) is 0 Å². The molecule has 1 amide bonds. The van der Waals surface area contributed by atoms with Crippen molar-refractivity contribution in [1.82, 2.24) is 14.8 Å². The van der Waals surface area contributed by atoms with E-state index in [1.807, 2.05) is 37.3 Å². The number of nitrogens with two attached hydrogens (primary N) is 3. The molecule has 7 heteroatoms. The monoisotopic (exact) mass is 322 g/mol. The summed E-state index contributed by atoms with van der Waals surface area (Å²) in [6.07, 6.45) is 0. The maximum absolute atomic E-state index is 11.9. The summed E-state index contributed by atoms with van der Waals surface area (Å²) in [5, 5.41) is 4.29. The number of anilines is 2. The van der Waals surface area contributed by atoms with Crippen LogP contribution in [0.1, 0.15) is 21.6 Å². The Balaban J connectivity index is 2.29. The van der Waals surface area contributed by atoms with Crippen LogP contribution in [0.4, 0.5) is 11.6 Å². The molecule has 0 atom stereocenters. The molecular formula is C17H18N6O. The van der Waals surface area contributed by atoms with Crippen molar-refractivity contribution in [3.63, 3.8) is 0 Å². The van der Waals surface area contributed by atoms with E-state index in [2.05, 4.69) is 10.1 Å². The van der Waals surface area contributed by atoms with Crippen LogP contribution in [0, 0.1) is 13.8 Å². The number of aryl methyl sites for hydroxylation is 2. The Morgan fingerprint density at radius 2 is 1.79 bits per heavy atom. The zero-order valence-electron chi connectivity index (χ0n) is 13.4. The van der Waals surface area contributed by atoms with E-state index in [4.69, 9.17) is 17.2 Å². The lowest BCUT2D eigenvalue weighted by Crippen LogP contribution is -2.16. The normalized spacial score (nSPS) is 10.8. The SMILES string of the molecule is Cc1cc(C)c(C(N)=O)c(-c2c(N)nn(-c3ccccc3)c2N)n1. The van der Waals surface area contributed by atoms with Gasteiger partial charge in [0.2, 0.25) is 0 Å². The van der Waals surface area contributed by atoms with Gasteiger partial charge in [-0.25, -0.2) is 4.68 Å². The highest BCUT2D eigenvalue weighted by atomic mass is 16.1. The standard InChI is InChI=1S/C17H18N6O/c1-9-8-10(2)21-14(12(9)17(20)24)13-15(18)22-23(16(13)19)11-6-4-3-5-7-11/h3-8H,19H2,1-2H3,(H2,18,22)(H2,20,24). The number of amides is 1. The van der Waals surface area contributed by atoms with Crippen LogP contribution in [0.2, 0.25) is 0 Å². The third-order valence-corrected chi connectivity index (χ3v) is 3.78. The van der Waals surface area contributed by atoms with Gasteiger partial charge in [0, 0.05) is 5.69 Å². The highest BCUT2D eigenvalue weighted by Crippen LogP contribution is 2.35. The number of pyridine rings is 1. The van der Waals surface area contributed by atoms with Crippen LogP contribution in [-0.4, -0.2) is 20.7 Å². The van der Waals surface area contributed by atoms with Crippen LogP contribution in [0.25, 0.3) is 16.9 Å². The van der Waals surface area contributed by atoms with Gasteiger partial charge in [0.1, 0.15) is 5.82 Å². The summed E-state index contributed by atoms with van der Waals surface area (Å²) in [6.45, 7) is 3.63. The molecule has 0 radical (unpaired) electrons. The van der Waals surface area contributed by atoms with Crippen LogP contribution in [0.3, 0.4) is 0 Å². The second-order valence-corrected chi connectivity index (χ2v) is 5.56. The van der Waals surface area contributed by atoms with Gasteiger partial charge in [-0.3, -0.25) is 9.78 Å².